The van der Waals surface area contributed by atoms with Gasteiger partial charge in [0.1, 0.15) is 18.4 Å². The van der Waals surface area contributed by atoms with E-state index in [1.807, 2.05) is 18.2 Å². The van der Waals surface area contributed by atoms with E-state index in [2.05, 4.69) is 16.5 Å². The van der Waals surface area contributed by atoms with Gasteiger partial charge in [-0.1, -0.05) is 24.3 Å². The molecule has 0 aliphatic heterocycles. The summed E-state index contributed by atoms with van der Waals surface area (Å²) in [6, 6.07) is 7.06. The van der Waals surface area contributed by atoms with Gasteiger partial charge in [-0.05, 0) is 42.7 Å². The largest absolute Gasteiger partial charge is 0.480 e. The highest BCUT2D eigenvalue weighted by Gasteiger charge is 2.28. The minimum atomic E-state index is -1.06. The number of carbonyl (C=O) groups excluding carboxylic acids is 1. The number of aryl methyl sites for hydroxylation is 2. The van der Waals surface area contributed by atoms with E-state index in [1.54, 1.807) is 0 Å². The lowest BCUT2D eigenvalue weighted by molar-refractivity contribution is -0.385. The average Bonchev–Trinajstić information content (AvgIpc) is 3.15. The molecule has 0 fully saturated rings. The van der Waals surface area contributed by atoms with Gasteiger partial charge in [0.25, 0.3) is 0 Å². The number of aromatic nitrogens is 2. The van der Waals surface area contributed by atoms with Crippen molar-refractivity contribution in [2.45, 2.75) is 50.6 Å². The van der Waals surface area contributed by atoms with Crippen molar-refractivity contribution in [1.82, 2.24) is 15.1 Å². The van der Waals surface area contributed by atoms with Gasteiger partial charge in [0, 0.05) is 13.0 Å². The fourth-order valence-electron chi connectivity index (χ4n) is 3.66. The zero-order valence-corrected chi connectivity index (χ0v) is 15.3. The van der Waals surface area contributed by atoms with E-state index in [1.165, 1.54) is 16.4 Å². The van der Waals surface area contributed by atoms with Crippen molar-refractivity contribution in [3.63, 3.8) is 0 Å². The quantitative estimate of drug-likeness (QED) is 0.529. The number of nitrogens with zero attached hydrogens (tertiary/aromatic N) is 3. The summed E-state index contributed by atoms with van der Waals surface area (Å²) in [5, 5.41) is 26.6. The second-order valence-corrected chi connectivity index (χ2v) is 6.95. The highest BCUT2D eigenvalue weighted by Crippen LogP contribution is 2.34. The number of nitro groups is 1. The van der Waals surface area contributed by atoms with Crippen LogP contribution in [0.1, 0.15) is 42.7 Å². The van der Waals surface area contributed by atoms with E-state index in [-0.39, 0.29) is 24.6 Å². The molecule has 28 heavy (non-hydrogen) atoms. The fraction of sp³-hybridized carbons (Fsp3) is 0.421. The third-order valence-corrected chi connectivity index (χ3v) is 5.05. The van der Waals surface area contributed by atoms with Gasteiger partial charge in [-0.2, -0.15) is 5.10 Å². The number of rotatable bonds is 8. The number of carboxylic acid groups (broad SMARTS) is 1. The Bertz CT molecular complexity index is 879. The number of nitrogens with one attached hydrogen (secondary N) is 1. The summed E-state index contributed by atoms with van der Waals surface area (Å²) in [4.78, 5) is 34.0. The summed E-state index contributed by atoms with van der Waals surface area (Å²) in [6.45, 7) is 0.137. The van der Waals surface area contributed by atoms with Crippen LogP contribution < -0.4 is 5.32 Å². The molecule has 2 unspecified atom stereocenters. The number of aliphatic carboxylic acids is 1. The smallest absolute Gasteiger partial charge is 0.326 e. The Morgan fingerprint density at radius 3 is 2.89 bits per heavy atom. The number of carbonyl (C=O) groups is 2. The number of hydrogen-bond donors (Lipinski definition) is 2. The molecule has 0 saturated carbocycles. The Hall–Kier alpha value is -3.23. The molecule has 0 bridgehead atoms. The predicted octanol–water partition coefficient (Wildman–Crippen LogP) is 2.26. The van der Waals surface area contributed by atoms with Gasteiger partial charge in [0.05, 0.1) is 4.92 Å². The van der Waals surface area contributed by atoms with Crippen LogP contribution in [0.4, 0.5) is 5.69 Å². The van der Waals surface area contributed by atoms with Gasteiger partial charge in [-0.15, -0.1) is 0 Å². The molecule has 1 aromatic heterocycles. The van der Waals surface area contributed by atoms with E-state index in [0.717, 1.165) is 31.0 Å². The predicted molar refractivity (Wildman–Crippen MR) is 99.8 cm³/mol. The van der Waals surface area contributed by atoms with Crippen molar-refractivity contribution in [3.8, 4) is 0 Å². The van der Waals surface area contributed by atoms with E-state index in [4.69, 9.17) is 0 Å². The molecule has 2 atom stereocenters. The zero-order valence-electron chi connectivity index (χ0n) is 15.3. The van der Waals surface area contributed by atoms with E-state index in [9.17, 15) is 24.8 Å². The summed E-state index contributed by atoms with van der Waals surface area (Å²) in [5.41, 5.74) is 2.26. The average molecular weight is 386 g/mol. The van der Waals surface area contributed by atoms with Gasteiger partial charge in [-0.3, -0.25) is 19.6 Å². The number of hydrogen-bond acceptors (Lipinski definition) is 5. The van der Waals surface area contributed by atoms with Crippen molar-refractivity contribution in [2.75, 3.05) is 0 Å². The molecule has 1 aliphatic rings. The first-order valence-electron chi connectivity index (χ1n) is 9.21. The van der Waals surface area contributed by atoms with E-state index in [0.29, 0.717) is 6.42 Å². The molecule has 9 heteroatoms. The Morgan fingerprint density at radius 2 is 2.18 bits per heavy atom. The van der Waals surface area contributed by atoms with Crippen LogP contribution in [0, 0.1) is 10.1 Å². The highest BCUT2D eigenvalue weighted by atomic mass is 16.6. The number of benzene rings is 1. The third-order valence-electron chi connectivity index (χ3n) is 5.05. The molecular weight excluding hydrogens is 364 g/mol. The van der Waals surface area contributed by atoms with Gasteiger partial charge in [-0.25, -0.2) is 4.79 Å². The van der Waals surface area contributed by atoms with Crippen LogP contribution in [0.3, 0.4) is 0 Å². The second kappa shape index (κ2) is 8.64. The van der Waals surface area contributed by atoms with Crippen molar-refractivity contribution < 1.29 is 19.6 Å². The lowest BCUT2D eigenvalue weighted by Gasteiger charge is -2.28. The molecule has 1 aliphatic carbocycles. The summed E-state index contributed by atoms with van der Waals surface area (Å²) in [7, 11) is 0. The Balaban J connectivity index is 1.58. The van der Waals surface area contributed by atoms with Crippen molar-refractivity contribution in [3.05, 3.63) is 57.9 Å². The third kappa shape index (κ3) is 4.73. The normalized spacial score (nSPS) is 16.8. The van der Waals surface area contributed by atoms with Crippen molar-refractivity contribution in [1.29, 1.82) is 0 Å². The summed E-state index contributed by atoms with van der Waals surface area (Å²) >= 11 is 0. The Kier molecular flexibility index (Phi) is 6.03. The first kappa shape index (κ1) is 19.5. The number of carboxylic acids is 1. The van der Waals surface area contributed by atoms with Gasteiger partial charge in [0.15, 0.2) is 0 Å². The Labute approximate surface area is 161 Å². The van der Waals surface area contributed by atoms with Crippen LogP contribution in [-0.4, -0.2) is 37.7 Å². The van der Waals surface area contributed by atoms with Crippen LogP contribution in [0.5, 0.6) is 0 Å². The van der Waals surface area contributed by atoms with E-state index >= 15 is 0 Å². The van der Waals surface area contributed by atoms with Crippen LogP contribution in [0.25, 0.3) is 0 Å². The standard InChI is InChI=1S/C19H22N4O5/c24-18(8-9-22-12-15(11-20-22)23(27)28)21-17(19(25)26)10-14-6-3-5-13-4-1-2-7-16(13)14/h1-2,4,7,11-12,14,17H,3,5-6,8-10H2,(H,21,24)(H,25,26). The summed E-state index contributed by atoms with van der Waals surface area (Å²) in [6.07, 6.45) is 5.56. The molecule has 9 nitrogen and oxygen atoms in total. The first-order valence-corrected chi connectivity index (χ1v) is 9.21. The van der Waals surface area contributed by atoms with Crippen LogP contribution in [0.15, 0.2) is 36.7 Å². The molecule has 2 N–H and O–H groups in total. The molecule has 0 spiro atoms. The molecule has 0 radical (unpaired) electrons. The molecule has 148 valence electrons. The molecular formula is C19H22N4O5. The lowest BCUT2D eigenvalue weighted by atomic mass is 9.79. The second-order valence-electron chi connectivity index (χ2n) is 6.95. The summed E-state index contributed by atoms with van der Waals surface area (Å²) < 4.78 is 1.30. The topological polar surface area (TPSA) is 127 Å². The SMILES string of the molecule is O=C(CCn1cc([N+](=O)[O-])cn1)NC(CC1CCCc2ccccc21)C(=O)O. The number of fused-ring (bicyclic) bond motifs is 1. The minimum absolute atomic E-state index is 0.0101. The molecule has 1 aromatic carbocycles. The van der Waals surface area contributed by atoms with Gasteiger partial charge in [0.2, 0.25) is 5.91 Å². The monoisotopic (exact) mass is 386 g/mol. The van der Waals surface area contributed by atoms with E-state index < -0.39 is 22.8 Å². The number of amides is 1. The van der Waals surface area contributed by atoms with Crippen molar-refractivity contribution >= 4 is 17.6 Å². The van der Waals surface area contributed by atoms with Gasteiger partial charge >= 0.3 is 11.7 Å². The van der Waals surface area contributed by atoms with Crippen LogP contribution in [-0.2, 0) is 22.6 Å². The van der Waals surface area contributed by atoms with Crippen LogP contribution in [0.2, 0.25) is 0 Å². The fourth-order valence-corrected chi connectivity index (χ4v) is 3.66. The lowest BCUT2D eigenvalue weighted by Crippen LogP contribution is -2.42. The molecule has 1 heterocycles. The Morgan fingerprint density at radius 1 is 1.39 bits per heavy atom. The minimum Gasteiger partial charge on any atom is -0.480 e. The first-order chi connectivity index (χ1) is 13.4. The summed E-state index contributed by atoms with van der Waals surface area (Å²) in [5.74, 6) is -1.39. The highest BCUT2D eigenvalue weighted by molar-refractivity contribution is 5.83. The zero-order chi connectivity index (χ0) is 20.1. The molecule has 3 rings (SSSR count). The molecule has 0 saturated heterocycles. The molecule has 2 aromatic rings. The maximum atomic E-state index is 12.2. The maximum Gasteiger partial charge on any atom is 0.326 e. The van der Waals surface area contributed by atoms with Gasteiger partial charge < -0.3 is 10.4 Å². The van der Waals surface area contributed by atoms with Crippen molar-refractivity contribution in [2.24, 2.45) is 0 Å². The maximum absolute atomic E-state index is 12.2. The van der Waals surface area contributed by atoms with Crippen LogP contribution >= 0.6 is 0 Å². The molecule has 1 amide bonds.